The number of carbonyl (C=O) groups is 1. The Kier molecular flexibility index (Phi) is 4.57. The van der Waals surface area contributed by atoms with Crippen LogP contribution in [0.2, 0.25) is 0 Å². The van der Waals surface area contributed by atoms with Crippen LogP contribution in [0.5, 0.6) is 0 Å². The molecular weight excluding hydrogens is 356 g/mol. The Bertz CT molecular complexity index is 1130. The van der Waals surface area contributed by atoms with Gasteiger partial charge in [0.2, 0.25) is 0 Å². The lowest BCUT2D eigenvalue weighted by molar-refractivity contribution is 0.0928. The van der Waals surface area contributed by atoms with Gasteiger partial charge in [0.15, 0.2) is 0 Å². The van der Waals surface area contributed by atoms with Crippen molar-refractivity contribution in [3.63, 3.8) is 0 Å². The van der Waals surface area contributed by atoms with Crippen molar-refractivity contribution in [3.8, 4) is 0 Å². The molecule has 5 N–H and O–H groups in total. The molecule has 0 aliphatic heterocycles. The summed E-state index contributed by atoms with van der Waals surface area (Å²) in [7, 11) is 0. The lowest BCUT2D eigenvalue weighted by Crippen LogP contribution is -2.41. The summed E-state index contributed by atoms with van der Waals surface area (Å²) in [4.78, 5) is 40.3. The van der Waals surface area contributed by atoms with Crippen LogP contribution in [0.25, 0.3) is 0 Å². The quantitative estimate of drug-likeness (QED) is 0.549. The Morgan fingerprint density at radius 2 is 1.75 bits per heavy atom. The number of aromatic nitrogens is 2. The van der Waals surface area contributed by atoms with E-state index in [1.165, 1.54) is 16.7 Å². The second-order valence-electron chi connectivity index (χ2n) is 6.98. The van der Waals surface area contributed by atoms with Crippen LogP contribution in [0.3, 0.4) is 0 Å². The lowest BCUT2D eigenvalue weighted by Gasteiger charge is -2.22. The van der Waals surface area contributed by atoms with Crippen LogP contribution < -0.4 is 22.3 Å². The maximum atomic E-state index is 12.8. The highest BCUT2D eigenvalue weighted by Crippen LogP contribution is 2.36. The number of H-pyrrole nitrogens is 2. The average Bonchev–Trinajstić information content (AvgIpc) is 3.02. The van der Waals surface area contributed by atoms with Crippen LogP contribution in [0, 0.1) is 0 Å². The molecule has 2 aromatic carbocycles. The second-order valence-corrected chi connectivity index (χ2v) is 6.98. The van der Waals surface area contributed by atoms with E-state index in [1.54, 1.807) is 0 Å². The Morgan fingerprint density at radius 3 is 2.54 bits per heavy atom. The highest BCUT2D eigenvalue weighted by atomic mass is 16.2. The minimum atomic E-state index is -0.774. The number of benzene rings is 2. The average molecular weight is 376 g/mol. The number of rotatable bonds is 4. The Labute approximate surface area is 160 Å². The molecule has 0 saturated carbocycles. The zero-order chi connectivity index (χ0) is 19.7. The van der Waals surface area contributed by atoms with Gasteiger partial charge in [0.1, 0.15) is 11.4 Å². The van der Waals surface area contributed by atoms with Gasteiger partial charge in [-0.05, 0) is 29.5 Å². The van der Waals surface area contributed by atoms with Crippen molar-refractivity contribution in [1.29, 1.82) is 0 Å². The Hall–Kier alpha value is -3.61. The monoisotopic (exact) mass is 376 g/mol. The number of aromatic amines is 2. The molecule has 0 fully saturated rings. The summed E-state index contributed by atoms with van der Waals surface area (Å²) < 4.78 is 0. The number of fused-ring (bicyclic) bond motifs is 1. The molecule has 28 heavy (non-hydrogen) atoms. The van der Waals surface area contributed by atoms with Crippen molar-refractivity contribution in [1.82, 2.24) is 15.3 Å². The first-order chi connectivity index (χ1) is 13.5. The molecule has 1 heterocycles. The smallest absolute Gasteiger partial charge is 0.326 e. The minimum absolute atomic E-state index is 0.0810. The minimum Gasteiger partial charge on any atom is -0.392 e. The van der Waals surface area contributed by atoms with E-state index in [4.69, 9.17) is 5.73 Å². The van der Waals surface area contributed by atoms with Crippen LogP contribution in [-0.4, -0.2) is 21.9 Å². The van der Waals surface area contributed by atoms with Crippen molar-refractivity contribution >= 4 is 11.6 Å². The van der Waals surface area contributed by atoms with Crippen molar-refractivity contribution in [2.45, 2.75) is 24.8 Å². The van der Waals surface area contributed by atoms with Gasteiger partial charge < -0.3 is 16.0 Å². The molecule has 2 atom stereocenters. The summed E-state index contributed by atoms with van der Waals surface area (Å²) in [6, 6.07) is 18.0. The van der Waals surface area contributed by atoms with Crippen LogP contribution in [0.15, 0.2) is 64.2 Å². The van der Waals surface area contributed by atoms with Gasteiger partial charge >= 0.3 is 5.69 Å². The van der Waals surface area contributed by atoms with Gasteiger partial charge in [-0.25, -0.2) is 4.79 Å². The van der Waals surface area contributed by atoms with E-state index >= 15 is 0 Å². The first-order valence-corrected chi connectivity index (χ1v) is 9.07. The highest BCUT2D eigenvalue weighted by Gasteiger charge is 2.34. The molecule has 7 heteroatoms. The number of hydrogen-bond acceptors (Lipinski definition) is 4. The van der Waals surface area contributed by atoms with E-state index in [0.717, 1.165) is 6.42 Å². The number of carbonyl (C=O) groups excluding carboxylic acids is 1. The van der Waals surface area contributed by atoms with E-state index in [0.29, 0.717) is 6.42 Å². The summed E-state index contributed by atoms with van der Waals surface area (Å²) >= 11 is 0. The first kappa shape index (κ1) is 17.8. The topological polar surface area (TPSA) is 121 Å². The first-order valence-electron chi connectivity index (χ1n) is 9.07. The predicted octanol–water partition coefficient (Wildman–Crippen LogP) is 1.33. The maximum Gasteiger partial charge on any atom is 0.326 e. The number of hydrogen-bond donors (Lipinski definition) is 4. The Morgan fingerprint density at radius 1 is 1.04 bits per heavy atom. The number of nitrogens with one attached hydrogen (secondary N) is 3. The van der Waals surface area contributed by atoms with Crippen LogP contribution in [-0.2, 0) is 12.8 Å². The van der Waals surface area contributed by atoms with Gasteiger partial charge in [0, 0.05) is 12.0 Å². The summed E-state index contributed by atoms with van der Waals surface area (Å²) in [5.74, 6) is -0.478. The van der Waals surface area contributed by atoms with Crippen LogP contribution in [0.4, 0.5) is 5.69 Å². The standard InChI is InChI=1S/C21H20N4O3/c22-17-18(24-21(28)25-19(17)26)20(27)23-16-11-13-8-4-5-9-14(13)15(16)10-12-6-2-1-3-7-12/h1-9,15-16H,10-11,22H2,(H,23,27)(H2,24,25,26,28). The molecule has 4 rings (SSSR count). The lowest BCUT2D eigenvalue weighted by atomic mass is 9.91. The summed E-state index contributed by atoms with van der Waals surface area (Å²) in [5.41, 5.74) is 7.21. The molecule has 0 bridgehead atoms. The van der Waals surface area contributed by atoms with E-state index in [2.05, 4.69) is 34.6 Å². The fraction of sp³-hybridized carbons (Fsp3) is 0.190. The molecular formula is C21H20N4O3. The van der Waals surface area contributed by atoms with Crippen molar-refractivity contribution in [2.75, 3.05) is 5.73 Å². The van der Waals surface area contributed by atoms with Gasteiger partial charge in [-0.1, -0.05) is 54.6 Å². The fourth-order valence-corrected chi connectivity index (χ4v) is 3.87. The molecule has 142 valence electrons. The molecule has 0 saturated heterocycles. The summed E-state index contributed by atoms with van der Waals surface area (Å²) in [6.45, 7) is 0. The largest absolute Gasteiger partial charge is 0.392 e. The molecule has 7 nitrogen and oxygen atoms in total. The molecule has 1 aromatic heterocycles. The Balaban J connectivity index is 1.64. The van der Waals surface area contributed by atoms with Crippen molar-refractivity contribution in [2.24, 2.45) is 0 Å². The molecule has 0 radical (unpaired) electrons. The normalized spacial score (nSPS) is 17.9. The van der Waals surface area contributed by atoms with E-state index in [-0.39, 0.29) is 23.3 Å². The maximum absolute atomic E-state index is 12.8. The van der Waals surface area contributed by atoms with Crippen LogP contribution in [0.1, 0.15) is 33.1 Å². The van der Waals surface area contributed by atoms with Gasteiger partial charge in [0.05, 0.1) is 0 Å². The van der Waals surface area contributed by atoms with Crippen molar-refractivity contribution < 1.29 is 4.79 Å². The zero-order valence-corrected chi connectivity index (χ0v) is 15.1. The highest BCUT2D eigenvalue weighted by molar-refractivity contribution is 5.97. The molecule has 1 amide bonds. The SMILES string of the molecule is Nc1c(C(=O)NC2Cc3ccccc3C2Cc2ccccc2)[nH]c(=O)[nH]c1=O. The number of nitrogen functional groups attached to an aromatic ring is 1. The van der Waals surface area contributed by atoms with Crippen molar-refractivity contribution in [3.05, 3.63) is 97.8 Å². The number of anilines is 1. The summed E-state index contributed by atoms with van der Waals surface area (Å²) in [5, 5.41) is 2.97. The van der Waals surface area contributed by atoms with Gasteiger partial charge in [0.25, 0.3) is 11.5 Å². The molecule has 0 spiro atoms. The van der Waals surface area contributed by atoms with Gasteiger partial charge in [-0.2, -0.15) is 0 Å². The number of amides is 1. The van der Waals surface area contributed by atoms with E-state index < -0.39 is 17.2 Å². The zero-order valence-electron chi connectivity index (χ0n) is 15.1. The molecule has 1 aliphatic rings. The van der Waals surface area contributed by atoms with E-state index in [9.17, 15) is 14.4 Å². The van der Waals surface area contributed by atoms with Crippen LogP contribution >= 0.6 is 0 Å². The number of nitrogens with two attached hydrogens (primary N) is 1. The molecule has 3 aromatic rings. The predicted molar refractivity (Wildman–Crippen MR) is 106 cm³/mol. The third kappa shape index (κ3) is 3.34. The third-order valence-electron chi connectivity index (χ3n) is 5.20. The fourth-order valence-electron chi connectivity index (χ4n) is 3.87. The third-order valence-corrected chi connectivity index (χ3v) is 5.20. The van der Waals surface area contributed by atoms with E-state index in [1.807, 2.05) is 35.3 Å². The molecule has 1 aliphatic carbocycles. The molecule has 2 unspecified atom stereocenters. The van der Waals surface area contributed by atoms with Gasteiger partial charge in [-0.15, -0.1) is 0 Å². The van der Waals surface area contributed by atoms with Gasteiger partial charge in [-0.3, -0.25) is 14.6 Å². The summed E-state index contributed by atoms with van der Waals surface area (Å²) in [6.07, 6.45) is 1.44. The second kappa shape index (κ2) is 7.19.